The van der Waals surface area contributed by atoms with Crippen LogP contribution in [0.2, 0.25) is 0 Å². The fraction of sp³-hybridized carbons (Fsp3) is 0.0952. The standard InChI is InChI=1S/C22H17.C18H17.2CH3.Si.Zr/c1-16-12-20-14-19(17-8-4-2-5-9-17)15-22(21(20)13-16)18-10-6-3-7-11-18;1-13(2)16-11-15-9-6-10-17(18(15)12-16)14-7-4-3-5-8-14;;;;/h2-15H,1H3;3-13H,1-2H3;2*1H3;;/q4*-1;;. The first-order chi connectivity index (χ1) is 20.6. The molecule has 220 valence electrons. The molecule has 0 N–H and O–H groups in total. The predicted octanol–water partition coefficient (Wildman–Crippen LogP) is 12.1. The molecule has 2 heteroatoms. The van der Waals surface area contributed by atoms with Crippen molar-refractivity contribution in [1.82, 2.24) is 0 Å². The predicted molar refractivity (Wildman–Crippen MR) is 193 cm³/mol. The molecular formula is C42H40SiZr-4. The van der Waals surface area contributed by atoms with Crippen LogP contribution >= 0.6 is 0 Å². The van der Waals surface area contributed by atoms with Gasteiger partial charge in [0.15, 0.2) is 0 Å². The summed E-state index contributed by atoms with van der Waals surface area (Å²) in [4.78, 5) is 0. The number of hydrogen-bond donors (Lipinski definition) is 0. The first kappa shape index (κ1) is 34.9. The molecular weight excluding hydrogens is 624 g/mol. The second-order valence-electron chi connectivity index (χ2n) is 10.9. The van der Waals surface area contributed by atoms with Crippen LogP contribution in [-0.2, 0) is 23.3 Å². The van der Waals surface area contributed by atoms with E-state index in [1.165, 1.54) is 89.4 Å². The van der Waals surface area contributed by atoms with Gasteiger partial charge >= 0.3 is 30.2 Å². The first-order valence-electron chi connectivity index (χ1n) is 14.4. The molecule has 0 unspecified atom stereocenters. The van der Waals surface area contributed by atoms with Crippen molar-refractivity contribution in [2.45, 2.75) is 26.7 Å². The van der Waals surface area contributed by atoms with Crippen LogP contribution in [0, 0.1) is 21.8 Å². The van der Waals surface area contributed by atoms with Crippen LogP contribution in [0.25, 0.3) is 54.9 Å². The Morgan fingerprint density at radius 1 is 0.500 bits per heavy atom. The third-order valence-corrected chi connectivity index (χ3v) is 7.68. The zero-order valence-electron chi connectivity index (χ0n) is 26.4. The molecule has 0 spiro atoms. The molecule has 0 fully saturated rings. The van der Waals surface area contributed by atoms with Gasteiger partial charge in [0.1, 0.15) is 0 Å². The Hall–Kier alpha value is -3.58. The molecule has 7 aromatic rings. The molecule has 0 aromatic heterocycles. The molecule has 0 heterocycles. The zero-order chi connectivity index (χ0) is 29.5. The van der Waals surface area contributed by atoms with Crippen LogP contribution < -0.4 is 0 Å². The maximum atomic E-state index is 3.06. The summed E-state index contributed by atoms with van der Waals surface area (Å²) in [7, 11) is 0. The molecule has 2 radical (unpaired) electrons. The Labute approximate surface area is 281 Å². The minimum atomic E-state index is 0. The molecule has 0 aliphatic carbocycles. The summed E-state index contributed by atoms with van der Waals surface area (Å²) in [5.41, 5.74) is 10.5. The van der Waals surface area contributed by atoms with Crippen molar-refractivity contribution in [3.63, 3.8) is 0 Å². The summed E-state index contributed by atoms with van der Waals surface area (Å²) >= 11 is 1.36. The quantitative estimate of drug-likeness (QED) is 0.130. The fourth-order valence-corrected chi connectivity index (χ4v) is 5.59. The molecule has 0 atom stereocenters. The Kier molecular flexibility index (Phi) is 13.1. The van der Waals surface area contributed by atoms with E-state index in [4.69, 9.17) is 0 Å². The third kappa shape index (κ3) is 7.92. The summed E-state index contributed by atoms with van der Waals surface area (Å²) in [5, 5.41) is 5.37. The fourth-order valence-electron chi connectivity index (χ4n) is 5.59. The Morgan fingerprint density at radius 3 is 1.59 bits per heavy atom. The van der Waals surface area contributed by atoms with Crippen molar-refractivity contribution < 1.29 is 23.3 Å². The number of fused-ring (bicyclic) bond motifs is 2. The molecule has 0 bridgehead atoms. The topological polar surface area (TPSA) is 0 Å². The van der Waals surface area contributed by atoms with Crippen molar-refractivity contribution in [2.75, 3.05) is 0 Å². The number of benzene rings is 5. The number of rotatable bonds is 4. The van der Waals surface area contributed by atoms with Crippen LogP contribution in [0.3, 0.4) is 0 Å². The van der Waals surface area contributed by atoms with E-state index >= 15 is 0 Å². The Morgan fingerprint density at radius 2 is 1.02 bits per heavy atom. The first-order valence-corrected chi connectivity index (χ1v) is 18.6. The number of aryl methyl sites for hydroxylation is 1. The summed E-state index contributed by atoms with van der Waals surface area (Å²) in [6.07, 6.45) is 0. The van der Waals surface area contributed by atoms with Gasteiger partial charge in [-0.25, -0.2) is 0 Å². The van der Waals surface area contributed by atoms with Crippen LogP contribution in [0.4, 0.5) is 0 Å². The second kappa shape index (κ2) is 16.5. The van der Waals surface area contributed by atoms with Gasteiger partial charge in [-0.15, -0.1) is 63.0 Å². The van der Waals surface area contributed by atoms with Gasteiger partial charge in [-0.3, -0.25) is 0 Å². The van der Waals surface area contributed by atoms with Crippen molar-refractivity contribution >= 4 is 28.4 Å². The van der Waals surface area contributed by atoms with Gasteiger partial charge in [0, 0.05) is 0 Å². The van der Waals surface area contributed by atoms with Crippen LogP contribution in [0.1, 0.15) is 30.9 Å². The van der Waals surface area contributed by atoms with Gasteiger partial charge in [-0.1, -0.05) is 141 Å². The molecule has 0 saturated heterocycles. The molecule has 7 aromatic carbocycles. The molecule has 0 aliphatic heterocycles. The van der Waals surface area contributed by atoms with Crippen LogP contribution in [0.5, 0.6) is 0 Å². The second-order valence-corrected chi connectivity index (χ2v) is 10.9. The van der Waals surface area contributed by atoms with E-state index in [1.807, 2.05) is 0 Å². The van der Waals surface area contributed by atoms with Gasteiger partial charge in [0.25, 0.3) is 0 Å². The van der Waals surface area contributed by atoms with Crippen LogP contribution in [-0.4, -0.2) is 6.88 Å². The number of hydrogen-bond acceptors (Lipinski definition) is 0. The van der Waals surface area contributed by atoms with Crippen molar-refractivity contribution in [3.8, 4) is 33.4 Å². The van der Waals surface area contributed by atoms with Crippen molar-refractivity contribution in [2.24, 2.45) is 0 Å². The van der Waals surface area contributed by atoms with E-state index in [9.17, 15) is 0 Å². The molecule has 0 saturated carbocycles. The van der Waals surface area contributed by atoms with Gasteiger partial charge < -0.3 is 14.9 Å². The minimum absolute atomic E-state index is 0. The third-order valence-electron chi connectivity index (χ3n) is 7.68. The SMILES string of the molecule is CC(C)c1cc2c(-c3ccccc3)cccc2[cH-]1.Cc1cc2c(-c3ccccc3)cc(-c3ccccc3)cc2[cH-]1.[CH3-].[CH3-].[Si]=[Zr]. The van der Waals surface area contributed by atoms with Gasteiger partial charge in [-0.2, -0.15) is 12.1 Å². The van der Waals surface area contributed by atoms with E-state index in [0.717, 1.165) is 0 Å². The van der Waals surface area contributed by atoms with Crippen molar-refractivity contribution in [3.05, 3.63) is 172 Å². The van der Waals surface area contributed by atoms with E-state index in [1.54, 1.807) is 0 Å². The average molecular weight is 664 g/mol. The molecule has 7 rings (SSSR count). The van der Waals surface area contributed by atoms with E-state index < -0.39 is 0 Å². The summed E-state index contributed by atoms with van der Waals surface area (Å²) in [6, 6.07) is 52.2. The Balaban J connectivity index is 0.000000222. The normalized spacial score (nSPS) is 10.2. The summed E-state index contributed by atoms with van der Waals surface area (Å²) in [5.74, 6) is 0.584. The van der Waals surface area contributed by atoms with Crippen molar-refractivity contribution in [1.29, 1.82) is 0 Å². The van der Waals surface area contributed by atoms with E-state index in [-0.39, 0.29) is 14.9 Å². The van der Waals surface area contributed by atoms with Gasteiger partial charge in [0.2, 0.25) is 0 Å². The molecule has 0 nitrogen and oxygen atoms in total. The molecule has 0 amide bonds. The van der Waals surface area contributed by atoms with Gasteiger partial charge in [-0.05, 0) is 22.6 Å². The summed E-state index contributed by atoms with van der Waals surface area (Å²) in [6.45, 7) is 9.72. The zero-order valence-corrected chi connectivity index (χ0v) is 29.9. The van der Waals surface area contributed by atoms with E-state index in [2.05, 4.69) is 173 Å². The summed E-state index contributed by atoms with van der Waals surface area (Å²) < 4.78 is 0. The van der Waals surface area contributed by atoms with Crippen LogP contribution in [0.15, 0.2) is 146 Å². The molecule has 0 aliphatic rings. The maximum absolute atomic E-state index is 3.06. The molecule has 44 heavy (non-hydrogen) atoms. The van der Waals surface area contributed by atoms with E-state index in [0.29, 0.717) is 5.92 Å². The monoisotopic (exact) mass is 662 g/mol. The average Bonchev–Trinajstić information content (AvgIpc) is 3.66. The Bertz CT molecular complexity index is 1880. The van der Waals surface area contributed by atoms with Gasteiger partial charge in [0.05, 0.1) is 0 Å².